The summed E-state index contributed by atoms with van der Waals surface area (Å²) in [5, 5.41) is 13.5. The Morgan fingerprint density at radius 2 is 1.76 bits per heavy atom. The molecule has 0 spiro atoms. The highest BCUT2D eigenvalue weighted by Gasteiger charge is 2.09. The standard InChI is InChI=1S/C20H25NO3.ClH/c1-15(21-14-20(23)18-6-4-3-5-7-18)8-9-17-10-12-19(13-11-17)24-16(2)22;/h3-7,10-13,15,20-21,23H,8-9,14H2,1-2H3;1H. The SMILES string of the molecule is CC(=O)Oc1ccc(CCC(C)NCC(O)c2ccccc2)cc1.Cl. The number of aryl methyl sites for hydroxylation is 1. The molecule has 0 saturated carbocycles. The molecule has 0 fully saturated rings. The maximum atomic E-state index is 10.9. The average Bonchev–Trinajstić information content (AvgIpc) is 2.59. The number of carbonyl (C=O) groups is 1. The Hall–Kier alpha value is -1.88. The van der Waals surface area contributed by atoms with Gasteiger partial charge in [-0.05, 0) is 43.0 Å². The molecule has 2 rings (SSSR count). The fourth-order valence-electron chi connectivity index (χ4n) is 2.48. The third kappa shape index (κ3) is 7.69. The number of esters is 1. The Morgan fingerprint density at radius 1 is 1.12 bits per heavy atom. The summed E-state index contributed by atoms with van der Waals surface area (Å²) in [6, 6.07) is 17.6. The molecule has 5 heteroatoms. The van der Waals surface area contributed by atoms with Crippen LogP contribution in [0.25, 0.3) is 0 Å². The van der Waals surface area contributed by atoms with Gasteiger partial charge >= 0.3 is 5.97 Å². The van der Waals surface area contributed by atoms with Gasteiger partial charge in [-0.3, -0.25) is 4.79 Å². The number of hydrogen-bond acceptors (Lipinski definition) is 4. The van der Waals surface area contributed by atoms with Gasteiger partial charge in [0.25, 0.3) is 0 Å². The first kappa shape index (κ1) is 21.2. The van der Waals surface area contributed by atoms with Gasteiger partial charge < -0.3 is 15.2 Å². The van der Waals surface area contributed by atoms with Crippen LogP contribution in [-0.4, -0.2) is 23.7 Å². The van der Waals surface area contributed by atoms with Gasteiger partial charge in [-0.15, -0.1) is 12.4 Å². The number of rotatable bonds is 8. The van der Waals surface area contributed by atoms with Crippen molar-refractivity contribution < 1.29 is 14.6 Å². The van der Waals surface area contributed by atoms with Crippen molar-refractivity contribution in [2.45, 2.75) is 38.8 Å². The number of aliphatic hydroxyl groups excluding tert-OH is 1. The maximum absolute atomic E-state index is 10.9. The molecule has 4 nitrogen and oxygen atoms in total. The topological polar surface area (TPSA) is 58.6 Å². The molecule has 0 aliphatic rings. The lowest BCUT2D eigenvalue weighted by Crippen LogP contribution is -2.30. The molecule has 2 aromatic rings. The van der Waals surface area contributed by atoms with E-state index in [1.807, 2.05) is 54.6 Å². The van der Waals surface area contributed by atoms with Crippen molar-refractivity contribution >= 4 is 18.4 Å². The minimum absolute atomic E-state index is 0. The van der Waals surface area contributed by atoms with E-state index < -0.39 is 6.10 Å². The molecule has 25 heavy (non-hydrogen) atoms. The van der Waals surface area contributed by atoms with Crippen LogP contribution in [0, 0.1) is 0 Å². The third-order valence-corrected chi connectivity index (χ3v) is 3.89. The number of aliphatic hydroxyl groups is 1. The summed E-state index contributed by atoms with van der Waals surface area (Å²) in [6.45, 7) is 4.05. The molecule has 0 amide bonds. The quantitative estimate of drug-likeness (QED) is 0.555. The second-order valence-corrected chi connectivity index (χ2v) is 6.01. The number of nitrogens with one attached hydrogen (secondary N) is 1. The number of halogens is 1. The molecule has 136 valence electrons. The molecule has 0 radical (unpaired) electrons. The van der Waals surface area contributed by atoms with E-state index in [9.17, 15) is 9.90 Å². The minimum atomic E-state index is -0.489. The Morgan fingerprint density at radius 3 is 2.36 bits per heavy atom. The highest BCUT2D eigenvalue weighted by molar-refractivity contribution is 5.85. The predicted octanol–water partition coefficient (Wildman–Crippen LogP) is 3.68. The van der Waals surface area contributed by atoms with Gasteiger partial charge in [0.1, 0.15) is 5.75 Å². The first-order valence-electron chi connectivity index (χ1n) is 8.28. The number of carbonyl (C=O) groups excluding carboxylic acids is 1. The third-order valence-electron chi connectivity index (χ3n) is 3.89. The summed E-state index contributed by atoms with van der Waals surface area (Å²) in [6.07, 6.45) is 1.40. The van der Waals surface area contributed by atoms with E-state index in [0.717, 1.165) is 18.4 Å². The highest BCUT2D eigenvalue weighted by Crippen LogP contribution is 2.15. The lowest BCUT2D eigenvalue weighted by molar-refractivity contribution is -0.131. The summed E-state index contributed by atoms with van der Waals surface area (Å²) in [5.74, 6) is 0.265. The van der Waals surface area contributed by atoms with E-state index in [-0.39, 0.29) is 18.4 Å². The Balaban J connectivity index is 0.00000312. The van der Waals surface area contributed by atoms with Gasteiger partial charge in [0.15, 0.2) is 0 Å². The van der Waals surface area contributed by atoms with E-state index in [2.05, 4.69) is 12.2 Å². The predicted molar refractivity (Wildman–Crippen MR) is 102 cm³/mol. The summed E-state index contributed by atoms with van der Waals surface area (Å²) < 4.78 is 5.02. The van der Waals surface area contributed by atoms with Crippen molar-refractivity contribution in [3.63, 3.8) is 0 Å². The van der Waals surface area contributed by atoms with Crippen LogP contribution < -0.4 is 10.1 Å². The van der Waals surface area contributed by atoms with Crippen LogP contribution >= 0.6 is 12.4 Å². The Labute approximate surface area is 155 Å². The van der Waals surface area contributed by atoms with E-state index in [1.165, 1.54) is 12.5 Å². The van der Waals surface area contributed by atoms with Crippen LogP contribution in [0.3, 0.4) is 0 Å². The fourth-order valence-corrected chi connectivity index (χ4v) is 2.48. The van der Waals surface area contributed by atoms with Gasteiger partial charge in [0.05, 0.1) is 6.10 Å². The second kappa shape index (κ2) is 10.9. The molecule has 0 aromatic heterocycles. The van der Waals surface area contributed by atoms with E-state index in [0.29, 0.717) is 18.3 Å². The maximum Gasteiger partial charge on any atom is 0.308 e. The molecule has 2 atom stereocenters. The molecule has 2 unspecified atom stereocenters. The lowest BCUT2D eigenvalue weighted by Gasteiger charge is -2.17. The molecule has 0 aliphatic heterocycles. The van der Waals surface area contributed by atoms with Crippen molar-refractivity contribution in [2.24, 2.45) is 0 Å². The first-order chi connectivity index (χ1) is 11.5. The summed E-state index contributed by atoms with van der Waals surface area (Å²) in [7, 11) is 0. The fraction of sp³-hybridized carbons (Fsp3) is 0.350. The zero-order chi connectivity index (χ0) is 17.4. The van der Waals surface area contributed by atoms with Crippen molar-refractivity contribution in [1.29, 1.82) is 0 Å². The second-order valence-electron chi connectivity index (χ2n) is 6.01. The van der Waals surface area contributed by atoms with Crippen LogP contribution in [0.5, 0.6) is 5.75 Å². The monoisotopic (exact) mass is 363 g/mol. The zero-order valence-corrected chi connectivity index (χ0v) is 15.5. The van der Waals surface area contributed by atoms with Crippen molar-refractivity contribution in [3.05, 3.63) is 65.7 Å². The van der Waals surface area contributed by atoms with Gasteiger partial charge in [-0.2, -0.15) is 0 Å². The van der Waals surface area contributed by atoms with Gasteiger partial charge in [0.2, 0.25) is 0 Å². The van der Waals surface area contributed by atoms with Gasteiger partial charge in [-0.1, -0.05) is 42.5 Å². The van der Waals surface area contributed by atoms with Crippen molar-refractivity contribution in [2.75, 3.05) is 6.54 Å². The number of ether oxygens (including phenoxy) is 1. The van der Waals surface area contributed by atoms with Gasteiger partial charge in [0, 0.05) is 19.5 Å². The summed E-state index contributed by atoms with van der Waals surface area (Å²) in [4.78, 5) is 10.9. The van der Waals surface area contributed by atoms with E-state index >= 15 is 0 Å². The first-order valence-corrected chi connectivity index (χ1v) is 8.28. The highest BCUT2D eigenvalue weighted by atomic mass is 35.5. The zero-order valence-electron chi connectivity index (χ0n) is 14.6. The van der Waals surface area contributed by atoms with Crippen LogP contribution in [0.15, 0.2) is 54.6 Å². The van der Waals surface area contributed by atoms with Crippen LogP contribution in [0.1, 0.15) is 37.5 Å². The molecule has 0 bridgehead atoms. The molecule has 2 aromatic carbocycles. The molecule has 0 saturated heterocycles. The number of hydrogen-bond donors (Lipinski definition) is 2. The largest absolute Gasteiger partial charge is 0.427 e. The average molecular weight is 364 g/mol. The minimum Gasteiger partial charge on any atom is -0.427 e. The molecular formula is C20H26ClNO3. The van der Waals surface area contributed by atoms with Crippen molar-refractivity contribution in [3.8, 4) is 5.75 Å². The molecular weight excluding hydrogens is 338 g/mol. The van der Waals surface area contributed by atoms with E-state index in [1.54, 1.807) is 0 Å². The van der Waals surface area contributed by atoms with E-state index in [4.69, 9.17) is 4.74 Å². The van der Waals surface area contributed by atoms with Gasteiger partial charge in [-0.25, -0.2) is 0 Å². The lowest BCUT2D eigenvalue weighted by atomic mass is 10.1. The molecule has 0 aliphatic carbocycles. The van der Waals surface area contributed by atoms with Crippen molar-refractivity contribution in [1.82, 2.24) is 5.32 Å². The normalized spacial score (nSPS) is 12.8. The molecule has 0 heterocycles. The molecule has 2 N–H and O–H groups in total. The van der Waals surface area contributed by atoms with Crippen LogP contribution in [0.4, 0.5) is 0 Å². The van der Waals surface area contributed by atoms with Crippen LogP contribution in [0.2, 0.25) is 0 Å². The summed E-state index contributed by atoms with van der Waals surface area (Å²) >= 11 is 0. The smallest absolute Gasteiger partial charge is 0.308 e. The van der Waals surface area contributed by atoms with Crippen LogP contribution in [-0.2, 0) is 11.2 Å². The summed E-state index contributed by atoms with van der Waals surface area (Å²) in [5.41, 5.74) is 2.13. The number of benzene rings is 2. The Bertz CT molecular complexity index is 631. The Kier molecular flexibility index (Phi) is 9.21.